The average molecular weight is 304 g/mol. The summed E-state index contributed by atoms with van der Waals surface area (Å²) in [4.78, 5) is 15.4. The molecule has 4 bridgehead atoms. The van der Waals surface area contributed by atoms with E-state index >= 15 is 0 Å². The second kappa shape index (κ2) is 5.81. The van der Waals surface area contributed by atoms with Gasteiger partial charge in [0.2, 0.25) is 5.91 Å². The van der Waals surface area contributed by atoms with Gasteiger partial charge in [-0.3, -0.25) is 9.69 Å². The number of amides is 1. The number of nitrogens with one attached hydrogen (secondary N) is 1. The van der Waals surface area contributed by atoms with Crippen molar-refractivity contribution in [2.24, 2.45) is 23.2 Å². The molecular weight excluding hydrogens is 272 g/mol. The Morgan fingerprint density at radius 3 is 2.32 bits per heavy atom. The number of likely N-dealkylation sites (tertiary alicyclic amines) is 1. The summed E-state index contributed by atoms with van der Waals surface area (Å²) in [6.07, 6.45) is 11.8. The highest BCUT2D eigenvalue weighted by Crippen LogP contribution is 2.60. The van der Waals surface area contributed by atoms with Crippen molar-refractivity contribution in [1.29, 1.82) is 0 Å². The number of hydrogen-bond donors (Lipinski definition) is 1. The molecule has 5 fully saturated rings. The first kappa shape index (κ1) is 15.0. The van der Waals surface area contributed by atoms with Crippen molar-refractivity contribution in [2.45, 2.75) is 70.8 Å². The van der Waals surface area contributed by atoms with E-state index in [1.54, 1.807) is 0 Å². The van der Waals surface area contributed by atoms with Gasteiger partial charge in [-0.2, -0.15) is 0 Å². The normalized spacial score (nSPS) is 44.2. The van der Waals surface area contributed by atoms with Crippen molar-refractivity contribution in [2.75, 3.05) is 19.6 Å². The van der Waals surface area contributed by atoms with E-state index in [-0.39, 0.29) is 5.41 Å². The fraction of sp³-hybridized carbons (Fsp3) is 0.947. The first-order chi connectivity index (χ1) is 10.6. The summed E-state index contributed by atoms with van der Waals surface area (Å²) in [5.41, 5.74) is 0.0300. The smallest absolute Gasteiger partial charge is 0.226 e. The summed E-state index contributed by atoms with van der Waals surface area (Å²) < 4.78 is 0. The lowest BCUT2D eigenvalue weighted by Crippen LogP contribution is -2.54. The van der Waals surface area contributed by atoms with Crippen LogP contribution in [-0.4, -0.2) is 36.5 Å². The Kier molecular flexibility index (Phi) is 3.96. The highest BCUT2D eigenvalue weighted by Gasteiger charge is 2.54. The third-order valence-electron chi connectivity index (χ3n) is 7.15. The Morgan fingerprint density at radius 2 is 1.73 bits per heavy atom. The van der Waals surface area contributed by atoms with E-state index in [1.165, 1.54) is 64.3 Å². The van der Waals surface area contributed by atoms with Crippen LogP contribution in [0.25, 0.3) is 0 Å². The number of carbonyl (C=O) groups is 1. The molecule has 1 heterocycles. The lowest BCUT2D eigenvalue weighted by Gasteiger charge is -2.55. The molecule has 0 aromatic rings. The molecule has 5 rings (SSSR count). The third-order valence-corrected chi connectivity index (χ3v) is 7.15. The fourth-order valence-electron chi connectivity index (χ4n) is 6.38. The Balaban J connectivity index is 1.31. The first-order valence-electron chi connectivity index (χ1n) is 9.67. The molecule has 0 aromatic heterocycles. The maximum atomic E-state index is 12.9. The lowest BCUT2D eigenvalue weighted by atomic mass is 9.49. The van der Waals surface area contributed by atoms with Gasteiger partial charge in [0.05, 0.1) is 0 Å². The highest BCUT2D eigenvalue weighted by atomic mass is 16.2. The van der Waals surface area contributed by atoms with Crippen molar-refractivity contribution in [1.82, 2.24) is 10.2 Å². The molecule has 3 heteroatoms. The second-order valence-corrected chi connectivity index (χ2v) is 8.83. The summed E-state index contributed by atoms with van der Waals surface area (Å²) in [6.45, 7) is 5.44. The second-order valence-electron chi connectivity index (χ2n) is 8.83. The zero-order valence-corrected chi connectivity index (χ0v) is 14.2. The van der Waals surface area contributed by atoms with E-state index in [1.807, 2.05) is 0 Å². The minimum atomic E-state index is 0.0300. The summed E-state index contributed by atoms with van der Waals surface area (Å²) in [7, 11) is 0. The van der Waals surface area contributed by atoms with E-state index in [0.717, 1.165) is 30.8 Å². The summed E-state index contributed by atoms with van der Waals surface area (Å²) in [5.74, 6) is 2.98. The lowest BCUT2D eigenvalue weighted by molar-refractivity contribution is -0.146. The Bertz CT molecular complexity index is 398. The van der Waals surface area contributed by atoms with Crippen LogP contribution in [0.2, 0.25) is 0 Å². The number of carbonyl (C=O) groups excluding carboxylic acids is 1. The Hall–Kier alpha value is -0.570. The summed E-state index contributed by atoms with van der Waals surface area (Å²) in [5, 5.41) is 3.33. The molecule has 1 amide bonds. The molecule has 4 aliphatic carbocycles. The molecule has 0 spiro atoms. The van der Waals surface area contributed by atoms with Gasteiger partial charge >= 0.3 is 0 Å². The van der Waals surface area contributed by atoms with Gasteiger partial charge in [-0.25, -0.2) is 0 Å². The molecule has 1 saturated heterocycles. The Morgan fingerprint density at radius 1 is 1.09 bits per heavy atom. The van der Waals surface area contributed by atoms with Crippen LogP contribution in [0, 0.1) is 23.2 Å². The molecule has 22 heavy (non-hydrogen) atoms. The summed E-state index contributed by atoms with van der Waals surface area (Å²) in [6, 6.07) is 0.699. The fourth-order valence-corrected chi connectivity index (χ4v) is 6.38. The van der Waals surface area contributed by atoms with Crippen molar-refractivity contribution >= 4 is 5.91 Å². The third kappa shape index (κ3) is 2.70. The molecule has 4 saturated carbocycles. The van der Waals surface area contributed by atoms with Crippen molar-refractivity contribution in [3.05, 3.63) is 0 Å². The topological polar surface area (TPSA) is 32.3 Å². The molecule has 0 aromatic carbocycles. The van der Waals surface area contributed by atoms with Gasteiger partial charge in [0.15, 0.2) is 0 Å². The molecule has 0 unspecified atom stereocenters. The maximum Gasteiger partial charge on any atom is 0.226 e. The van der Waals surface area contributed by atoms with E-state index < -0.39 is 0 Å². The predicted octanol–water partition coefficient (Wildman–Crippen LogP) is 3.19. The van der Waals surface area contributed by atoms with Gasteiger partial charge in [0.25, 0.3) is 0 Å². The number of hydrogen-bond acceptors (Lipinski definition) is 2. The van der Waals surface area contributed by atoms with Gasteiger partial charge in [0.1, 0.15) is 0 Å². The zero-order chi connectivity index (χ0) is 15.2. The maximum absolute atomic E-state index is 12.9. The minimum Gasteiger partial charge on any atom is -0.354 e. The molecule has 3 nitrogen and oxygen atoms in total. The van der Waals surface area contributed by atoms with Gasteiger partial charge in [-0.1, -0.05) is 6.42 Å². The van der Waals surface area contributed by atoms with Gasteiger partial charge in [-0.05, 0) is 82.6 Å². The average Bonchev–Trinajstić information content (AvgIpc) is 2.47. The molecule has 1 atom stereocenters. The van der Waals surface area contributed by atoms with E-state index in [4.69, 9.17) is 0 Å². The molecule has 124 valence electrons. The number of piperidine rings is 1. The first-order valence-corrected chi connectivity index (χ1v) is 9.67. The standard InChI is InChI=1S/C19H32N2O/c1-14-4-2-3-6-21(14)7-5-20-18(22)19-11-15-8-16(12-19)10-17(9-15)13-19/h14-17H,2-13H2,1H3,(H,20,22)/t14-,15?,16?,17?,19?/m0/s1. The molecule has 1 N–H and O–H groups in total. The minimum absolute atomic E-state index is 0.0300. The predicted molar refractivity (Wildman–Crippen MR) is 88.5 cm³/mol. The zero-order valence-electron chi connectivity index (χ0n) is 14.2. The number of nitrogens with zero attached hydrogens (tertiary/aromatic N) is 1. The highest BCUT2D eigenvalue weighted by molar-refractivity contribution is 5.83. The van der Waals surface area contributed by atoms with Gasteiger partial charge in [-0.15, -0.1) is 0 Å². The SMILES string of the molecule is C[C@H]1CCCCN1CCNC(=O)C12CC3CC(CC(C3)C1)C2. The van der Waals surface area contributed by atoms with Crippen molar-refractivity contribution < 1.29 is 4.79 Å². The molecule has 1 aliphatic heterocycles. The van der Waals surface area contributed by atoms with Crippen LogP contribution in [0.3, 0.4) is 0 Å². The van der Waals surface area contributed by atoms with E-state index in [0.29, 0.717) is 11.9 Å². The van der Waals surface area contributed by atoms with Crippen molar-refractivity contribution in [3.63, 3.8) is 0 Å². The van der Waals surface area contributed by atoms with Gasteiger partial charge < -0.3 is 5.32 Å². The van der Waals surface area contributed by atoms with Crippen LogP contribution in [0.5, 0.6) is 0 Å². The van der Waals surface area contributed by atoms with Crippen LogP contribution >= 0.6 is 0 Å². The van der Waals surface area contributed by atoms with Crippen LogP contribution in [0.15, 0.2) is 0 Å². The van der Waals surface area contributed by atoms with E-state index in [9.17, 15) is 4.79 Å². The largest absolute Gasteiger partial charge is 0.354 e. The van der Waals surface area contributed by atoms with E-state index in [2.05, 4.69) is 17.1 Å². The molecule has 5 aliphatic rings. The number of rotatable bonds is 4. The quantitative estimate of drug-likeness (QED) is 0.865. The molecular formula is C19H32N2O. The monoisotopic (exact) mass is 304 g/mol. The van der Waals surface area contributed by atoms with Gasteiger partial charge in [0, 0.05) is 24.5 Å². The van der Waals surface area contributed by atoms with Crippen LogP contribution in [-0.2, 0) is 4.79 Å². The van der Waals surface area contributed by atoms with Crippen LogP contribution in [0.1, 0.15) is 64.7 Å². The van der Waals surface area contributed by atoms with Crippen LogP contribution in [0.4, 0.5) is 0 Å². The van der Waals surface area contributed by atoms with Crippen LogP contribution < -0.4 is 5.32 Å². The molecule has 0 radical (unpaired) electrons. The summed E-state index contributed by atoms with van der Waals surface area (Å²) >= 11 is 0. The van der Waals surface area contributed by atoms with Crippen molar-refractivity contribution in [3.8, 4) is 0 Å². The Labute approximate surface area is 135 Å².